The molecule has 0 fully saturated rings. The smallest absolute Gasteiger partial charge is 0.326 e. The maximum Gasteiger partial charge on any atom is 0.326 e. The Labute approximate surface area is 221 Å². The fourth-order valence-electron chi connectivity index (χ4n) is 3.83. The highest BCUT2D eigenvalue weighted by molar-refractivity contribution is 5.94. The zero-order valence-corrected chi connectivity index (χ0v) is 21.9. The summed E-state index contributed by atoms with van der Waals surface area (Å²) >= 11 is 0. The Balaban J connectivity index is 1.96. The topological polar surface area (TPSA) is 231 Å². The number of aromatic nitrogens is 1. The van der Waals surface area contributed by atoms with E-state index in [0.717, 1.165) is 16.5 Å². The maximum absolute atomic E-state index is 12.9. The summed E-state index contributed by atoms with van der Waals surface area (Å²) in [6.45, 7) is 5.23. The number of H-pyrrole nitrogens is 1. The molecule has 0 saturated heterocycles. The van der Waals surface area contributed by atoms with Crippen LogP contribution in [-0.2, 0) is 25.6 Å². The van der Waals surface area contributed by atoms with Crippen molar-refractivity contribution in [2.45, 2.75) is 64.2 Å². The number of amides is 3. The summed E-state index contributed by atoms with van der Waals surface area (Å²) in [5, 5.41) is 18.2. The molecule has 0 radical (unpaired) electrons. The van der Waals surface area contributed by atoms with Crippen LogP contribution in [0.25, 0.3) is 10.9 Å². The van der Waals surface area contributed by atoms with Crippen LogP contribution in [0.4, 0.5) is 0 Å². The molecule has 1 aromatic carbocycles. The second-order valence-corrected chi connectivity index (χ2v) is 9.48. The largest absolute Gasteiger partial charge is 0.480 e. The predicted octanol–water partition coefficient (Wildman–Crippen LogP) is -0.694. The van der Waals surface area contributed by atoms with Gasteiger partial charge in [-0.05, 0) is 37.3 Å². The van der Waals surface area contributed by atoms with Gasteiger partial charge in [0.2, 0.25) is 17.7 Å². The van der Waals surface area contributed by atoms with Crippen molar-refractivity contribution in [1.29, 1.82) is 0 Å². The van der Waals surface area contributed by atoms with E-state index in [1.54, 1.807) is 20.0 Å². The van der Waals surface area contributed by atoms with E-state index in [1.165, 1.54) is 6.92 Å². The number of rotatable bonds is 14. The van der Waals surface area contributed by atoms with Gasteiger partial charge in [-0.15, -0.1) is 0 Å². The molecular formula is C25H38N8O5. The van der Waals surface area contributed by atoms with Gasteiger partial charge in [-0.25, -0.2) is 4.79 Å². The summed E-state index contributed by atoms with van der Waals surface area (Å²) in [6, 6.07) is 3.34. The van der Waals surface area contributed by atoms with Gasteiger partial charge in [0, 0.05) is 30.1 Å². The van der Waals surface area contributed by atoms with Crippen LogP contribution in [0.15, 0.2) is 35.5 Å². The highest BCUT2D eigenvalue weighted by Gasteiger charge is 2.30. The third-order valence-corrected chi connectivity index (χ3v) is 6.02. The molecule has 11 N–H and O–H groups in total. The number of nitrogens with two attached hydrogens (primary N) is 3. The van der Waals surface area contributed by atoms with Gasteiger partial charge >= 0.3 is 5.97 Å². The molecule has 0 spiro atoms. The van der Waals surface area contributed by atoms with Crippen molar-refractivity contribution in [1.82, 2.24) is 20.9 Å². The summed E-state index contributed by atoms with van der Waals surface area (Å²) in [5.41, 5.74) is 18.1. The Bertz CT molecular complexity index is 1160. The van der Waals surface area contributed by atoms with Crippen LogP contribution < -0.4 is 33.2 Å². The number of aromatic amines is 1. The van der Waals surface area contributed by atoms with Crippen LogP contribution in [0.2, 0.25) is 0 Å². The molecule has 13 nitrogen and oxygen atoms in total. The first-order chi connectivity index (χ1) is 17.9. The van der Waals surface area contributed by atoms with E-state index in [9.17, 15) is 24.3 Å². The van der Waals surface area contributed by atoms with Crippen molar-refractivity contribution in [3.63, 3.8) is 0 Å². The minimum atomic E-state index is -1.21. The number of guanidine groups is 1. The first-order valence-corrected chi connectivity index (χ1v) is 12.4. The number of carboxylic acids is 1. The fraction of sp³-hybridized carbons (Fsp3) is 0.480. The molecule has 3 amide bonds. The minimum absolute atomic E-state index is 0.0506. The molecule has 208 valence electrons. The second-order valence-electron chi connectivity index (χ2n) is 9.48. The van der Waals surface area contributed by atoms with Crippen LogP contribution in [0.5, 0.6) is 0 Å². The Morgan fingerprint density at radius 2 is 1.68 bits per heavy atom. The van der Waals surface area contributed by atoms with Crippen molar-refractivity contribution in [2.24, 2.45) is 28.1 Å². The molecule has 4 atom stereocenters. The summed E-state index contributed by atoms with van der Waals surface area (Å²) in [5.74, 6) is -3.35. The van der Waals surface area contributed by atoms with E-state index in [-0.39, 0.29) is 18.3 Å². The molecule has 2 aromatic rings. The number of nitrogens with one attached hydrogen (secondary N) is 4. The number of para-hydroxylation sites is 1. The molecule has 0 aliphatic carbocycles. The first kappa shape index (κ1) is 30.1. The van der Waals surface area contributed by atoms with Crippen molar-refractivity contribution in [2.75, 3.05) is 6.54 Å². The van der Waals surface area contributed by atoms with Gasteiger partial charge < -0.3 is 43.2 Å². The fourth-order valence-corrected chi connectivity index (χ4v) is 3.83. The highest BCUT2D eigenvalue weighted by atomic mass is 16.4. The summed E-state index contributed by atoms with van der Waals surface area (Å²) < 4.78 is 0. The van der Waals surface area contributed by atoms with Crippen molar-refractivity contribution in [3.05, 3.63) is 36.0 Å². The van der Waals surface area contributed by atoms with E-state index < -0.39 is 47.9 Å². The van der Waals surface area contributed by atoms with Gasteiger partial charge in [0.05, 0.1) is 6.04 Å². The zero-order valence-electron chi connectivity index (χ0n) is 21.9. The number of nitrogens with zero attached hydrogens (tertiary/aromatic N) is 1. The number of hydrogen-bond donors (Lipinski definition) is 8. The normalized spacial score (nSPS) is 14.2. The maximum atomic E-state index is 12.9. The molecule has 38 heavy (non-hydrogen) atoms. The van der Waals surface area contributed by atoms with Gasteiger partial charge in [-0.2, -0.15) is 0 Å². The van der Waals surface area contributed by atoms with E-state index in [4.69, 9.17) is 17.2 Å². The number of carboxylic acid groups (broad SMARTS) is 1. The molecule has 0 bridgehead atoms. The van der Waals surface area contributed by atoms with Crippen LogP contribution in [-0.4, -0.2) is 70.5 Å². The molecule has 1 aromatic heterocycles. The van der Waals surface area contributed by atoms with E-state index in [0.29, 0.717) is 19.4 Å². The van der Waals surface area contributed by atoms with Crippen molar-refractivity contribution >= 4 is 40.6 Å². The first-order valence-electron chi connectivity index (χ1n) is 12.4. The molecule has 0 aliphatic rings. The van der Waals surface area contributed by atoms with E-state index in [2.05, 4.69) is 25.9 Å². The number of benzene rings is 1. The number of fused-ring (bicyclic) bond motifs is 1. The second kappa shape index (κ2) is 14.0. The lowest BCUT2D eigenvalue weighted by Gasteiger charge is -2.25. The SMILES string of the molecule is CC(NC(=O)C(NC(=O)C(N)CCCN=C(N)N)C(C)C)C(=O)NC(Cc1c[nH]c2ccccc12)C(=O)O. The van der Waals surface area contributed by atoms with Gasteiger partial charge in [0.1, 0.15) is 18.1 Å². The quantitative estimate of drug-likeness (QED) is 0.0882. The van der Waals surface area contributed by atoms with Crippen LogP contribution in [0.1, 0.15) is 39.2 Å². The lowest BCUT2D eigenvalue weighted by molar-refractivity contribution is -0.142. The monoisotopic (exact) mass is 530 g/mol. The van der Waals surface area contributed by atoms with Crippen LogP contribution in [0, 0.1) is 5.92 Å². The molecular weight excluding hydrogens is 492 g/mol. The summed E-state index contributed by atoms with van der Waals surface area (Å²) in [6.07, 6.45) is 2.55. The number of carbonyl (C=O) groups excluding carboxylic acids is 3. The van der Waals surface area contributed by atoms with Crippen LogP contribution >= 0.6 is 0 Å². The highest BCUT2D eigenvalue weighted by Crippen LogP contribution is 2.19. The summed E-state index contributed by atoms with van der Waals surface area (Å²) in [4.78, 5) is 57.0. The number of carbonyl (C=O) groups is 4. The van der Waals surface area contributed by atoms with Crippen molar-refractivity contribution < 1.29 is 24.3 Å². The Kier molecular flexibility index (Phi) is 11.1. The molecule has 2 rings (SSSR count). The Morgan fingerprint density at radius 1 is 1.00 bits per heavy atom. The van der Waals surface area contributed by atoms with Gasteiger partial charge in [0.15, 0.2) is 5.96 Å². The number of aliphatic carboxylic acids is 1. The molecule has 1 heterocycles. The number of hydrogen-bond acceptors (Lipinski definition) is 6. The minimum Gasteiger partial charge on any atom is -0.480 e. The number of aliphatic imine (C=N–C) groups is 1. The van der Waals surface area contributed by atoms with Gasteiger partial charge in [0.25, 0.3) is 0 Å². The average molecular weight is 531 g/mol. The standard InChI is InChI=1S/C25H38N8O5/c1-13(2)20(33-22(35)17(26)8-6-10-29-25(27)28)23(36)31-14(3)21(34)32-19(24(37)38)11-15-12-30-18-9-5-4-7-16(15)18/h4-5,7,9,12-14,17,19-20,30H,6,8,10-11,26H2,1-3H3,(H,31,36)(H,32,34)(H,33,35)(H,37,38)(H4,27,28,29). The third kappa shape index (κ3) is 8.76. The molecule has 13 heteroatoms. The average Bonchev–Trinajstić information content (AvgIpc) is 3.26. The molecule has 4 unspecified atom stereocenters. The van der Waals surface area contributed by atoms with Gasteiger partial charge in [-0.1, -0.05) is 32.0 Å². The lowest BCUT2D eigenvalue weighted by Crippen LogP contribution is -2.57. The lowest BCUT2D eigenvalue weighted by atomic mass is 10.0. The van der Waals surface area contributed by atoms with Crippen molar-refractivity contribution in [3.8, 4) is 0 Å². The van der Waals surface area contributed by atoms with E-state index >= 15 is 0 Å². The van der Waals surface area contributed by atoms with E-state index in [1.807, 2.05) is 24.3 Å². The third-order valence-electron chi connectivity index (χ3n) is 6.02. The van der Waals surface area contributed by atoms with Crippen LogP contribution in [0.3, 0.4) is 0 Å². The Hall–Kier alpha value is -4.13. The Morgan fingerprint density at radius 3 is 2.32 bits per heavy atom. The zero-order chi connectivity index (χ0) is 28.4. The summed E-state index contributed by atoms with van der Waals surface area (Å²) in [7, 11) is 0. The predicted molar refractivity (Wildman–Crippen MR) is 144 cm³/mol. The van der Waals surface area contributed by atoms with Gasteiger partial charge in [-0.3, -0.25) is 19.4 Å². The molecule has 0 saturated carbocycles. The molecule has 0 aliphatic heterocycles.